The summed E-state index contributed by atoms with van der Waals surface area (Å²) in [6, 6.07) is 72.7. The van der Waals surface area contributed by atoms with Gasteiger partial charge in [-0.05, 0) is 133 Å². The van der Waals surface area contributed by atoms with E-state index in [0.717, 1.165) is 25.6 Å². The van der Waals surface area contributed by atoms with E-state index in [0.29, 0.717) is 50.9 Å². The number of ether oxygens (including phenoxy) is 6. The normalized spacial score (nSPS) is 19.4. The number of rotatable bonds is 20. The van der Waals surface area contributed by atoms with E-state index in [2.05, 4.69) is 19.9 Å². The summed E-state index contributed by atoms with van der Waals surface area (Å²) < 4.78 is 263. The van der Waals surface area contributed by atoms with Gasteiger partial charge in [0, 0.05) is 196 Å². The van der Waals surface area contributed by atoms with Gasteiger partial charge >= 0.3 is 0 Å². The van der Waals surface area contributed by atoms with Crippen molar-refractivity contribution in [2.24, 2.45) is 0 Å². The summed E-state index contributed by atoms with van der Waals surface area (Å²) in [5.41, 5.74) is -3.44. The third-order valence-corrected chi connectivity index (χ3v) is 43.8. The van der Waals surface area contributed by atoms with E-state index in [4.69, 9.17) is 28.4 Å². The molecular weight excluding hydrogens is 1990 g/mol. The standard InChI is InChI=1S/C31H30N2O7S2.C25H24N4O5S2.C23H22N2O5S4.C17H20N4O5S2/c34-41(35,29-15-11-27(12-16-29)39-25-7-3-1-4-8-25)32-21-19-31(20-22-32)33(23-24-38-31)42(36,37)30-17-13-28(14-18-30)40-26-9-5-2-6-10-26;30-35(31,21-9-1-5-19-7-3-13-26-23(19)21)28-15-11-25(12-16-28)29(17-18-34-25)36(32,33)22-10-2-6-20-8-4-14-27-24(20)22;26-33(27,21-15-31-19-7-3-1-5-17(19)21)24-11-9-23(10-12-24)25(13-14-30-23)34(28,29)22-16-32-20-8-4-2-6-18(20)22;22-27(23,15-5-1-3-9-18-15)20-11-7-17(8-12-20)21(13-14-26-17)28(24,25)16-6-2-4-10-19-16/h1-18H,19-24H2;1-10,13-14H,11-12,15-18H2;1-8,15-16H,9-14H2;1-6,9-10H,7-8,11-14H2. The average molecular weight is 2090 g/mol. The highest BCUT2D eigenvalue weighted by atomic mass is 32.2. The van der Waals surface area contributed by atoms with Crippen LogP contribution < -0.4 is 9.47 Å². The van der Waals surface area contributed by atoms with Crippen LogP contribution in [0.25, 0.3) is 42.0 Å². The lowest BCUT2D eigenvalue weighted by Crippen LogP contribution is -2.55. The number of piperidine rings is 4. The molecule has 4 spiro atoms. The molecular formula is C96H96N12O22S10. The van der Waals surface area contributed by atoms with Gasteiger partial charge in [0.05, 0.1) is 47.3 Å². The molecule has 14 aromatic rings. The molecule has 0 atom stereocenters. The SMILES string of the molecule is O=S(=O)(c1ccc(Oc2ccccc2)cc1)N1CCC2(CC1)OCCN2S(=O)(=O)c1ccc(Oc2ccccc2)cc1.O=S(=O)(c1cccc2cccnc12)N1CCC2(CC1)OCCN2S(=O)(=O)c1cccc2cccnc12.O=S(=O)(c1ccccn1)N1CCC2(CC1)OCCN2S(=O)(=O)c1ccccn1.O=S(=O)(c1csc2ccccc12)N1CCC2(CC1)OCCN2S(=O)(=O)c1csc2ccccc12. The Morgan fingerprint density at radius 2 is 0.550 bits per heavy atom. The third kappa shape index (κ3) is 19.0. The van der Waals surface area contributed by atoms with E-state index in [1.165, 1.54) is 106 Å². The summed E-state index contributed by atoms with van der Waals surface area (Å²) >= 11 is 2.81. The highest BCUT2D eigenvalue weighted by Crippen LogP contribution is 2.47. The molecule has 0 unspecified atom stereocenters. The van der Waals surface area contributed by atoms with Crippen LogP contribution >= 0.6 is 22.7 Å². The van der Waals surface area contributed by atoms with E-state index in [9.17, 15) is 67.3 Å². The molecule has 732 valence electrons. The number of para-hydroxylation sites is 4. The fourth-order valence-electron chi connectivity index (χ4n) is 19.1. The number of hydrogen-bond acceptors (Lipinski definition) is 28. The fraction of sp³-hybridized carbons (Fsp3) is 0.292. The molecule has 6 aromatic heterocycles. The second kappa shape index (κ2) is 39.7. The maximum Gasteiger partial charge on any atom is 0.263 e. The zero-order valence-corrected chi connectivity index (χ0v) is 83.3. The van der Waals surface area contributed by atoms with Crippen LogP contribution in [0.2, 0.25) is 0 Å². The number of aromatic nitrogens is 4. The molecule has 8 aliphatic heterocycles. The summed E-state index contributed by atoms with van der Waals surface area (Å²) in [6.07, 6.45) is 7.95. The quantitative estimate of drug-likeness (QED) is 0.0684. The van der Waals surface area contributed by atoms with Crippen LogP contribution in [0.1, 0.15) is 51.4 Å². The molecule has 0 N–H and O–H groups in total. The van der Waals surface area contributed by atoms with Crippen LogP contribution in [-0.2, 0) is 99.1 Å². The molecule has 14 heterocycles. The number of nitrogens with zero attached hydrogens (tertiary/aromatic N) is 12. The molecule has 0 aliphatic carbocycles. The minimum atomic E-state index is -3.94. The van der Waals surface area contributed by atoms with E-state index in [1.54, 1.807) is 108 Å². The topological polar surface area (TPSA) is 406 Å². The van der Waals surface area contributed by atoms with Crippen LogP contribution in [0.5, 0.6) is 23.0 Å². The Hall–Kier alpha value is -10.5. The molecule has 22 rings (SSSR count). The Balaban J connectivity index is 0.000000120. The first kappa shape index (κ1) is 98.3. The summed E-state index contributed by atoms with van der Waals surface area (Å²) in [5.74, 6) is 2.35. The van der Waals surface area contributed by atoms with E-state index < -0.39 is 103 Å². The van der Waals surface area contributed by atoms with Gasteiger partial charge < -0.3 is 28.4 Å². The second-order valence-corrected chi connectivity index (χ2v) is 50.9. The molecule has 8 fully saturated rings. The van der Waals surface area contributed by atoms with Crippen LogP contribution in [0.3, 0.4) is 0 Å². The van der Waals surface area contributed by atoms with Crippen molar-refractivity contribution >= 4 is 145 Å². The van der Waals surface area contributed by atoms with E-state index in [-0.39, 0.29) is 184 Å². The van der Waals surface area contributed by atoms with Crippen molar-refractivity contribution in [1.82, 2.24) is 54.4 Å². The number of thiophene rings is 2. The lowest BCUT2D eigenvalue weighted by atomic mass is 10.0. The first-order chi connectivity index (χ1) is 67.3. The van der Waals surface area contributed by atoms with Gasteiger partial charge in [-0.3, -0.25) is 9.97 Å². The van der Waals surface area contributed by atoms with Crippen molar-refractivity contribution in [3.8, 4) is 23.0 Å². The Labute approximate surface area is 820 Å². The molecule has 0 amide bonds. The van der Waals surface area contributed by atoms with Crippen molar-refractivity contribution in [1.29, 1.82) is 0 Å². The monoisotopic (exact) mass is 2090 g/mol. The van der Waals surface area contributed by atoms with Gasteiger partial charge in [0.15, 0.2) is 10.1 Å². The molecule has 8 aromatic carbocycles. The summed E-state index contributed by atoms with van der Waals surface area (Å²) in [4.78, 5) is 17.7. The zero-order chi connectivity index (χ0) is 97.6. The Morgan fingerprint density at radius 1 is 0.250 bits per heavy atom. The van der Waals surface area contributed by atoms with Crippen molar-refractivity contribution < 1.29 is 95.8 Å². The lowest BCUT2D eigenvalue weighted by molar-refractivity contribution is -0.0811. The van der Waals surface area contributed by atoms with Crippen molar-refractivity contribution in [3.05, 3.63) is 290 Å². The first-order valence-corrected chi connectivity index (χ1v) is 58.3. The van der Waals surface area contributed by atoms with E-state index >= 15 is 0 Å². The van der Waals surface area contributed by atoms with Crippen LogP contribution in [0.15, 0.2) is 330 Å². The minimum absolute atomic E-state index is 0.0174. The fourth-order valence-corrected chi connectivity index (χ4v) is 34.9. The molecule has 0 radical (unpaired) electrons. The zero-order valence-electron chi connectivity index (χ0n) is 75.1. The van der Waals surface area contributed by atoms with Gasteiger partial charge in [-0.1, -0.05) is 121 Å². The van der Waals surface area contributed by atoms with Gasteiger partial charge in [0.25, 0.3) is 20.0 Å². The average Bonchev–Trinajstić information content (AvgIpc) is 1.44. The largest absolute Gasteiger partial charge is 0.457 e. The molecule has 44 heteroatoms. The maximum atomic E-state index is 13.8. The summed E-state index contributed by atoms with van der Waals surface area (Å²) in [6.45, 7) is 3.11. The predicted molar refractivity (Wildman–Crippen MR) is 524 cm³/mol. The number of pyridine rings is 4. The lowest BCUT2D eigenvalue weighted by Gasteiger charge is -2.42. The highest BCUT2D eigenvalue weighted by molar-refractivity contribution is 7.91. The summed E-state index contributed by atoms with van der Waals surface area (Å²) in [5, 5.41) is 6.23. The van der Waals surface area contributed by atoms with Crippen molar-refractivity contribution in [2.45, 2.75) is 114 Å². The molecule has 0 saturated carbocycles. The Kier molecular flexibility index (Phi) is 27.9. The molecule has 34 nitrogen and oxygen atoms in total. The van der Waals surface area contributed by atoms with Gasteiger partial charge in [-0.2, -0.15) is 34.4 Å². The van der Waals surface area contributed by atoms with Crippen LogP contribution in [0, 0.1) is 0 Å². The Morgan fingerprint density at radius 3 is 0.950 bits per heavy atom. The number of sulfonamides is 8. The number of hydrogen-bond donors (Lipinski definition) is 0. The molecule has 8 aliphatic rings. The molecule has 8 saturated heterocycles. The minimum Gasteiger partial charge on any atom is -0.457 e. The number of fused-ring (bicyclic) bond motifs is 4. The van der Waals surface area contributed by atoms with Gasteiger partial charge in [0.1, 0.15) is 65.5 Å². The van der Waals surface area contributed by atoms with Gasteiger partial charge in [0.2, 0.25) is 60.1 Å². The van der Waals surface area contributed by atoms with Crippen molar-refractivity contribution in [2.75, 3.05) is 105 Å². The van der Waals surface area contributed by atoms with Gasteiger partial charge in [-0.15, -0.1) is 22.7 Å². The van der Waals surface area contributed by atoms with E-state index in [1.807, 2.05) is 133 Å². The van der Waals surface area contributed by atoms with Gasteiger partial charge in [-0.25, -0.2) is 77.3 Å². The van der Waals surface area contributed by atoms with Crippen LogP contribution in [0.4, 0.5) is 0 Å². The second-order valence-electron chi connectivity index (χ2n) is 34.1. The smallest absolute Gasteiger partial charge is 0.263 e. The molecule has 140 heavy (non-hydrogen) atoms. The highest BCUT2D eigenvalue weighted by Gasteiger charge is 2.57. The predicted octanol–water partition coefficient (Wildman–Crippen LogP) is 13.5. The number of benzene rings is 8. The maximum absolute atomic E-state index is 13.8. The summed E-state index contributed by atoms with van der Waals surface area (Å²) in [7, 11) is -30.5. The molecule has 0 bridgehead atoms. The third-order valence-electron chi connectivity index (χ3n) is 26.2. The first-order valence-electron chi connectivity index (χ1n) is 45.0. The Bertz CT molecular complexity index is 7880. The van der Waals surface area contributed by atoms with Crippen molar-refractivity contribution in [3.63, 3.8) is 0 Å². The van der Waals surface area contributed by atoms with Crippen LogP contribution in [-0.4, -0.2) is 250 Å².